The zero-order chi connectivity index (χ0) is 21.1. The third-order valence-electron chi connectivity index (χ3n) is 3.70. The molecule has 2 rings (SSSR count). The molecular weight excluding hydrogens is 394 g/mol. The minimum absolute atomic E-state index is 0.277. The molecular formula is C18H18F2N2O5S. The Labute approximate surface area is 161 Å². The fourth-order valence-electron chi connectivity index (χ4n) is 2.09. The number of nitrogens with zero attached hydrogens (tertiary/aromatic N) is 1. The van der Waals surface area contributed by atoms with Gasteiger partial charge in [-0.25, -0.2) is 26.3 Å². The number of halogens is 2. The first-order valence-electron chi connectivity index (χ1n) is 8.02. The van der Waals surface area contributed by atoms with Gasteiger partial charge in [0.15, 0.2) is 6.10 Å². The maximum absolute atomic E-state index is 14.0. The van der Waals surface area contributed by atoms with E-state index in [-0.39, 0.29) is 10.6 Å². The lowest BCUT2D eigenvalue weighted by atomic mass is 10.2. The van der Waals surface area contributed by atoms with Crippen LogP contribution in [0.5, 0.6) is 0 Å². The summed E-state index contributed by atoms with van der Waals surface area (Å²) in [4.78, 5) is 24.0. The van der Waals surface area contributed by atoms with E-state index >= 15 is 0 Å². The number of hydrogen-bond donors (Lipinski definition) is 1. The Morgan fingerprint density at radius 3 is 2.25 bits per heavy atom. The molecule has 0 unspecified atom stereocenters. The Morgan fingerprint density at radius 1 is 1.07 bits per heavy atom. The molecule has 2 aromatic carbocycles. The van der Waals surface area contributed by atoms with Crippen LogP contribution >= 0.6 is 0 Å². The van der Waals surface area contributed by atoms with E-state index in [1.54, 1.807) is 0 Å². The summed E-state index contributed by atoms with van der Waals surface area (Å²) in [5.74, 6) is -3.40. The summed E-state index contributed by atoms with van der Waals surface area (Å²) in [5.41, 5.74) is -0.344. The first-order chi connectivity index (χ1) is 13.0. The fourth-order valence-corrected chi connectivity index (χ4v) is 3.02. The number of sulfonamides is 1. The second kappa shape index (κ2) is 8.44. The molecule has 1 atom stereocenters. The Balaban J connectivity index is 2.15. The molecule has 0 saturated carbocycles. The van der Waals surface area contributed by atoms with E-state index < -0.39 is 45.2 Å². The normalized spacial score (nSPS) is 12.5. The van der Waals surface area contributed by atoms with Crippen molar-refractivity contribution in [1.29, 1.82) is 0 Å². The van der Waals surface area contributed by atoms with Gasteiger partial charge in [0.05, 0.1) is 10.5 Å². The number of anilines is 1. The van der Waals surface area contributed by atoms with Crippen LogP contribution in [0.15, 0.2) is 47.4 Å². The largest absolute Gasteiger partial charge is 0.449 e. The number of nitrogens with one attached hydrogen (secondary N) is 1. The molecule has 28 heavy (non-hydrogen) atoms. The number of benzene rings is 2. The lowest BCUT2D eigenvalue weighted by Crippen LogP contribution is -2.30. The van der Waals surface area contributed by atoms with Crippen molar-refractivity contribution >= 4 is 27.6 Å². The van der Waals surface area contributed by atoms with Crippen molar-refractivity contribution in [2.45, 2.75) is 17.9 Å². The SMILES string of the molecule is C[C@@H](OC(=O)c1cc(S(=O)(=O)N(C)C)ccc1F)C(=O)Nc1ccc(F)cc1. The average molecular weight is 412 g/mol. The van der Waals surface area contributed by atoms with Gasteiger partial charge in [-0.05, 0) is 49.4 Å². The second-order valence-electron chi connectivity index (χ2n) is 5.97. The van der Waals surface area contributed by atoms with Crippen molar-refractivity contribution in [3.63, 3.8) is 0 Å². The fraction of sp³-hybridized carbons (Fsp3) is 0.222. The first-order valence-corrected chi connectivity index (χ1v) is 9.46. The maximum Gasteiger partial charge on any atom is 0.341 e. The van der Waals surface area contributed by atoms with Crippen molar-refractivity contribution in [1.82, 2.24) is 4.31 Å². The van der Waals surface area contributed by atoms with Gasteiger partial charge in [0.25, 0.3) is 5.91 Å². The molecule has 150 valence electrons. The Kier molecular flexibility index (Phi) is 6.47. The van der Waals surface area contributed by atoms with Gasteiger partial charge >= 0.3 is 5.97 Å². The van der Waals surface area contributed by atoms with Crippen LogP contribution < -0.4 is 5.32 Å². The van der Waals surface area contributed by atoms with Crippen molar-refractivity contribution in [3.8, 4) is 0 Å². The number of carbonyl (C=O) groups excluding carboxylic acids is 2. The highest BCUT2D eigenvalue weighted by atomic mass is 32.2. The monoisotopic (exact) mass is 412 g/mol. The van der Waals surface area contributed by atoms with Crippen LogP contribution in [0.2, 0.25) is 0 Å². The van der Waals surface area contributed by atoms with Gasteiger partial charge in [0, 0.05) is 19.8 Å². The van der Waals surface area contributed by atoms with Gasteiger partial charge in [-0.1, -0.05) is 0 Å². The molecule has 0 aliphatic carbocycles. The molecule has 7 nitrogen and oxygen atoms in total. The summed E-state index contributed by atoms with van der Waals surface area (Å²) in [5, 5.41) is 2.41. The van der Waals surface area contributed by atoms with Gasteiger partial charge in [-0.2, -0.15) is 0 Å². The molecule has 10 heteroatoms. The minimum atomic E-state index is -3.89. The molecule has 0 bridgehead atoms. The molecule has 1 amide bonds. The van der Waals surface area contributed by atoms with Crippen molar-refractivity contribution in [2.24, 2.45) is 0 Å². The summed E-state index contributed by atoms with van der Waals surface area (Å²) in [6.07, 6.45) is -1.31. The number of esters is 1. The molecule has 0 aliphatic rings. The third-order valence-corrected chi connectivity index (χ3v) is 5.51. The van der Waals surface area contributed by atoms with E-state index in [0.29, 0.717) is 0 Å². The Bertz CT molecular complexity index is 992. The highest BCUT2D eigenvalue weighted by molar-refractivity contribution is 7.89. The molecule has 0 aliphatic heterocycles. The smallest absolute Gasteiger partial charge is 0.341 e. The zero-order valence-corrected chi connectivity index (χ0v) is 16.1. The van der Waals surface area contributed by atoms with Crippen LogP contribution in [0.25, 0.3) is 0 Å². The van der Waals surface area contributed by atoms with E-state index in [4.69, 9.17) is 4.74 Å². The Hall–Kier alpha value is -2.85. The summed E-state index contributed by atoms with van der Waals surface area (Å²) < 4.78 is 57.0. The van der Waals surface area contributed by atoms with Crippen LogP contribution in [0.4, 0.5) is 14.5 Å². The van der Waals surface area contributed by atoms with Crippen LogP contribution in [0.1, 0.15) is 17.3 Å². The predicted molar refractivity (Wildman–Crippen MR) is 97.2 cm³/mol. The first kappa shape index (κ1) is 21.5. The van der Waals surface area contributed by atoms with E-state index in [2.05, 4.69) is 5.32 Å². The minimum Gasteiger partial charge on any atom is -0.449 e. The summed E-state index contributed by atoms with van der Waals surface area (Å²) in [6, 6.07) is 7.60. The molecule has 2 aromatic rings. The number of rotatable bonds is 6. The van der Waals surface area contributed by atoms with Crippen LogP contribution in [0.3, 0.4) is 0 Å². The van der Waals surface area contributed by atoms with Gasteiger partial charge < -0.3 is 10.1 Å². The average Bonchev–Trinajstić information content (AvgIpc) is 2.63. The molecule has 1 N–H and O–H groups in total. The van der Waals surface area contributed by atoms with E-state index in [1.165, 1.54) is 33.2 Å². The van der Waals surface area contributed by atoms with E-state index in [1.807, 2.05) is 0 Å². The second-order valence-corrected chi connectivity index (χ2v) is 8.12. The number of hydrogen-bond acceptors (Lipinski definition) is 5. The van der Waals surface area contributed by atoms with Crippen molar-refractivity contribution in [3.05, 3.63) is 59.7 Å². The predicted octanol–water partition coefficient (Wildman–Crippen LogP) is 2.40. The Morgan fingerprint density at radius 2 is 1.68 bits per heavy atom. The molecule has 0 fully saturated rings. The third kappa shape index (κ3) is 4.90. The van der Waals surface area contributed by atoms with Crippen LogP contribution in [0, 0.1) is 11.6 Å². The summed E-state index contributed by atoms with van der Waals surface area (Å²) in [7, 11) is -1.31. The quantitative estimate of drug-likeness (QED) is 0.736. The molecule has 0 aromatic heterocycles. The lowest BCUT2D eigenvalue weighted by Gasteiger charge is -2.15. The van der Waals surface area contributed by atoms with Crippen molar-refractivity contribution in [2.75, 3.05) is 19.4 Å². The molecule has 0 saturated heterocycles. The van der Waals surface area contributed by atoms with E-state index in [0.717, 1.165) is 34.6 Å². The molecule has 0 spiro atoms. The zero-order valence-electron chi connectivity index (χ0n) is 15.3. The molecule has 0 heterocycles. The number of amides is 1. The molecule has 0 radical (unpaired) electrons. The van der Waals surface area contributed by atoms with Gasteiger partial charge in [0.2, 0.25) is 10.0 Å². The highest BCUT2D eigenvalue weighted by Crippen LogP contribution is 2.19. The topological polar surface area (TPSA) is 92.8 Å². The van der Waals surface area contributed by atoms with Gasteiger partial charge in [-0.15, -0.1) is 0 Å². The van der Waals surface area contributed by atoms with Crippen LogP contribution in [-0.2, 0) is 19.6 Å². The number of carbonyl (C=O) groups is 2. The lowest BCUT2D eigenvalue weighted by molar-refractivity contribution is -0.123. The van der Waals surface area contributed by atoms with Crippen molar-refractivity contribution < 1.29 is 31.5 Å². The van der Waals surface area contributed by atoms with Crippen LogP contribution in [-0.4, -0.2) is 44.8 Å². The number of ether oxygens (including phenoxy) is 1. The van der Waals surface area contributed by atoms with E-state index in [9.17, 15) is 26.8 Å². The van der Waals surface area contributed by atoms with Gasteiger partial charge in [-0.3, -0.25) is 4.79 Å². The van der Waals surface area contributed by atoms with Gasteiger partial charge in [0.1, 0.15) is 11.6 Å². The maximum atomic E-state index is 14.0. The summed E-state index contributed by atoms with van der Waals surface area (Å²) in [6.45, 7) is 1.26. The highest BCUT2D eigenvalue weighted by Gasteiger charge is 2.25. The standard InChI is InChI=1S/C18H18F2N2O5S/c1-11(17(23)21-13-6-4-12(19)5-7-13)27-18(24)15-10-14(8-9-16(15)20)28(25,26)22(2)3/h4-11H,1-3H3,(H,21,23)/t11-/m1/s1. The summed E-state index contributed by atoms with van der Waals surface area (Å²) >= 11 is 0.